The highest BCUT2D eigenvalue weighted by molar-refractivity contribution is 7.19. The zero-order chi connectivity index (χ0) is 21.8. The van der Waals surface area contributed by atoms with Crippen LogP contribution >= 0.6 is 11.3 Å². The van der Waals surface area contributed by atoms with Crippen LogP contribution in [-0.4, -0.2) is 54.6 Å². The molecule has 6 N–H and O–H groups in total. The molecule has 12 heteroatoms. The average Bonchev–Trinajstić information content (AvgIpc) is 3.09. The second-order valence-electron chi connectivity index (χ2n) is 6.21. The fourth-order valence-corrected chi connectivity index (χ4v) is 3.82. The third-order valence-corrected chi connectivity index (χ3v) is 5.19. The smallest absolute Gasteiger partial charge is 0.277 e. The number of nitrogens with two attached hydrogens (primary N) is 1. The van der Waals surface area contributed by atoms with Gasteiger partial charge in [-0.15, -0.1) is 0 Å². The van der Waals surface area contributed by atoms with Crippen molar-refractivity contribution in [1.29, 1.82) is 5.41 Å². The molecule has 9 nitrogen and oxygen atoms in total. The van der Waals surface area contributed by atoms with Gasteiger partial charge in [0.1, 0.15) is 27.5 Å². The van der Waals surface area contributed by atoms with Crippen LogP contribution in [0.4, 0.5) is 13.8 Å². The predicted molar refractivity (Wildman–Crippen MR) is 109 cm³/mol. The van der Waals surface area contributed by atoms with Crippen molar-refractivity contribution in [2.75, 3.05) is 32.4 Å². The molecule has 1 saturated heterocycles. The number of carbonyl (C=O) groups is 2. The molecule has 0 atom stereocenters. The van der Waals surface area contributed by atoms with E-state index >= 15 is 0 Å². The minimum absolute atomic E-state index is 0.0298. The first-order chi connectivity index (χ1) is 14.3. The number of allylic oxidation sites excluding steroid dienone is 1. The van der Waals surface area contributed by atoms with Crippen molar-refractivity contribution < 1.29 is 18.4 Å². The second kappa shape index (κ2) is 8.86. The molecule has 30 heavy (non-hydrogen) atoms. The first-order valence-electron chi connectivity index (χ1n) is 8.81. The number of thiazole rings is 1. The lowest BCUT2D eigenvalue weighted by molar-refractivity contribution is -0.123. The summed E-state index contributed by atoms with van der Waals surface area (Å²) < 4.78 is 28.1. The summed E-state index contributed by atoms with van der Waals surface area (Å²) in [5, 5.41) is 15.6. The number of nitrogen functional groups attached to an aromatic ring is 1. The summed E-state index contributed by atoms with van der Waals surface area (Å²) in [5.41, 5.74) is 5.36. The number of carbonyl (C=O) groups excluding carboxylic acids is 2. The first kappa shape index (κ1) is 21.2. The maximum Gasteiger partial charge on any atom is 0.277 e. The molecule has 1 fully saturated rings. The first-order valence-corrected chi connectivity index (χ1v) is 9.63. The Hall–Kier alpha value is -3.54. The van der Waals surface area contributed by atoms with E-state index in [2.05, 4.69) is 20.9 Å². The second-order valence-corrected chi connectivity index (χ2v) is 7.24. The molecule has 0 unspecified atom stereocenters. The van der Waals surface area contributed by atoms with Gasteiger partial charge >= 0.3 is 0 Å². The van der Waals surface area contributed by atoms with Crippen LogP contribution in [0.1, 0.15) is 10.5 Å². The Bertz CT molecular complexity index is 1020. The number of rotatable bonds is 6. The van der Waals surface area contributed by atoms with E-state index < -0.39 is 17.5 Å². The van der Waals surface area contributed by atoms with Gasteiger partial charge in [-0.25, -0.2) is 13.8 Å². The molecule has 3 rings (SSSR count). The highest BCUT2D eigenvalue weighted by Gasteiger charge is 2.24. The van der Waals surface area contributed by atoms with Crippen LogP contribution in [0.5, 0.6) is 0 Å². The zero-order valence-electron chi connectivity index (χ0n) is 15.9. The Labute approximate surface area is 174 Å². The third-order valence-electron chi connectivity index (χ3n) is 4.28. The van der Waals surface area contributed by atoms with Crippen molar-refractivity contribution in [3.05, 3.63) is 47.0 Å². The molecule has 0 radical (unpaired) electrons. The quantitative estimate of drug-likeness (QED) is 0.427. The van der Waals surface area contributed by atoms with Crippen molar-refractivity contribution >= 4 is 34.4 Å². The van der Waals surface area contributed by atoms with Crippen LogP contribution in [-0.2, 0) is 4.79 Å². The molecule has 1 aromatic carbocycles. The number of hydrogen-bond acceptors (Lipinski definition) is 8. The molecule has 2 aromatic rings. The number of nitrogens with zero attached hydrogens (tertiary/aromatic N) is 2. The fourth-order valence-electron chi connectivity index (χ4n) is 2.94. The SMILES string of the molecule is CN/C(=C(\C=N)NC(=O)c1nc(-c2c(F)cccc2F)sc1N)N1CCNC(=O)C1. The Kier molecular flexibility index (Phi) is 6.26. The van der Waals surface area contributed by atoms with Gasteiger partial charge in [0, 0.05) is 26.4 Å². The summed E-state index contributed by atoms with van der Waals surface area (Å²) in [6.07, 6.45) is 0.913. The number of hydrogen-bond donors (Lipinski definition) is 5. The van der Waals surface area contributed by atoms with Gasteiger partial charge in [0.15, 0.2) is 5.69 Å². The predicted octanol–water partition coefficient (Wildman–Crippen LogP) is 0.870. The normalized spacial score (nSPS) is 14.6. The van der Waals surface area contributed by atoms with Crippen LogP contribution < -0.4 is 21.7 Å². The van der Waals surface area contributed by atoms with E-state index in [0.29, 0.717) is 18.9 Å². The molecule has 1 aromatic heterocycles. The van der Waals surface area contributed by atoms with Crippen LogP contribution in [0.25, 0.3) is 10.6 Å². The molecule has 2 heterocycles. The molecule has 1 aliphatic rings. The van der Waals surface area contributed by atoms with E-state index in [4.69, 9.17) is 11.1 Å². The Morgan fingerprint density at radius 1 is 1.40 bits per heavy atom. The molecule has 158 valence electrons. The van der Waals surface area contributed by atoms with Crippen molar-refractivity contribution in [1.82, 2.24) is 25.8 Å². The summed E-state index contributed by atoms with van der Waals surface area (Å²) in [7, 11) is 1.59. The van der Waals surface area contributed by atoms with Crippen molar-refractivity contribution in [2.45, 2.75) is 0 Å². The van der Waals surface area contributed by atoms with Gasteiger partial charge in [0.25, 0.3) is 5.91 Å². The summed E-state index contributed by atoms with van der Waals surface area (Å²) in [5.74, 6) is -2.22. The Morgan fingerprint density at radius 2 is 2.10 bits per heavy atom. The standard InChI is InChI=1S/C18H19F2N7O2S/c1-23-16(27-6-5-24-12(28)8-27)11(7-21)25-17(29)14-15(22)30-18(26-14)13-9(19)3-2-4-10(13)20/h2-4,7,21,23H,5-6,8,22H2,1H3,(H,24,28)(H,25,29)/b16-11-,21-7?. The van der Waals surface area contributed by atoms with Crippen LogP contribution in [0.2, 0.25) is 0 Å². The van der Waals surface area contributed by atoms with Gasteiger partial charge < -0.3 is 32.0 Å². The number of aromatic nitrogens is 1. The number of halogens is 2. The van der Waals surface area contributed by atoms with Crippen LogP contribution in [0.15, 0.2) is 29.7 Å². The van der Waals surface area contributed by atoms with Crippen LogP contribution in [0.3, 0.4) is 0 Å². The maximum atomic E-state index is 14.0. The van der Waals surface area contributed by atoms with E-state index in [0.717, 1.165) is 29.7 Å². The summed E-state index contributed by atoms with van der Waals surface area (Å²) >= 11 is 0.775. The van der Waals surface area contributed by atoms with Crippen LogP contribution in [0, 0.1) is 17.0 Å². The lowest BCUT2D eigenvalue weighted by Crippen LogP contribution is -2.50. The number of amides is 2. The van der Waals surface area contributed by atoms with Gasteiger partial charge in [0.05, 0.1) is 17.8 Å². The van der Waals surface area contributed by atoms with E-state index in [9.17, 15) is 18.4 Å². The number of benzene rings is 1. The maximum absolute atomic E-state index is 14.0. The van der Waals surface area contributed by atoms with Crippen molar-refractivity contribution in [2.24, 2.45) is 0 Å². The third kappa shape index (κ3) is 4.22. The van der Waals surface area contributed by atoms with Gasteiger partial charge in [0.2, 0.25) is 5.91 Å². The molecule has 0 bridgehead atoms. The van der Waals surface area contributed by atoms with Gasteiger partial charge in [-0.1, -0.05) is 17.4 Å². The minimum atomic E-state index is -0.823. The molecule has 1 aliphatic heterocycles. The molecule has 0 aliphatic carbocycles. The molecule has 0 saturated carbocycles. The van der Waals surface area contributed by atoms with Gasteiger partial charge in [-0.2, -0.15) is 0 Å². The lowest BCUT2D eigenvalue weighted by atomic mass is 10.2. The van der Waals surface area contributed by atoms with Gasteiger partial charge in [-0.05, 0) is 12.1 Å². The van der Waals surface area contributed by atoms with E-state index in [1.807, 2.05) is 0 Å². The minimum Gasteiger partial charge on any atom is -0.389 e. The summed E-state index contributed by atoms with van der Waals surface area (Å²) in [6.45, 7) is 0.948. The summed E-state index contributed by atoms with van der Waals surface area (Å²) in [4.78, 5) is 30.0. The molecular weight excluding hydrogens is 416 g/mol. The Balaban J connectivity index is 1.90. The Morgan fingerprint density at radius 3 is 2.70 bits per heavy atom. The van der Waals surface area contributed by atoms with E-state index in [-0.39, 0.29) is 39.4 Å². The average molecular weight is 435 g/mol. The molecular formula is C18H19F2N7O2S. The van der Waals surface area contributed by atoms with Gasteiger partial charge in [-0.3, -0.25) is 9.59 Å². The monoisotopic (exact) mass is 435 g/mol. The number of anilines is 1. The zero-order valence-corrected chi connectivity index (χ0v) is 16.7. The largest absolute Gasteiger partial charge is 0.389 e. The van der Waals surface area contributed by atoms with Crippen molar-refractivity contribution in [3.63, 3.8) is 0 Å². The number of nitrogens with one attached hydrogen (secondary N) is 4. The molecule has 0 spiro atoms. The topological polar surface area (TPSA) is 136 Å². The highest BCUT2D eigenvalue weighted by Crippen LogP contribution is 2.33. The number of piperazine rings is 1. The van der Waals surface area contributed by atoms with Crippen molar-refractivity contribution in [3.8, 4) is 10.6 Å². The molecule has 2 amide bonds. The fraction of sp³-hybridized carbons (Fsp3) is 0.222. The lowest BCUT2D eigenvalue weighted by Gasteiger charge is -2.31. The summed E-state index contributed by atoms with van der Waals surface area (Å²) in [6, 6.07) is 3.39. The highest BCUT2D eigenvalue weighted by atomic mass is 32.1. The van der Waals surface area contributed by atoms with E-state index in [1.165, 1.54) is 6.07 Å². The van der Waals surface area contributed by atoms with E-state index in [1.54, 1.807) is 11.9 Å².